The van der Waals surface area contributed by atoms with E-state index in [0.717, 1.165) is 34.0 Å². The quantitative estimate of drug-likeness (QED) is 0.777. The molecular formula is C14H12O3S4. The Bertz CT molecular complexity index is 811. The van der Waals surface area contributed by atoms with Crippen molar-refractivity contribution >= 4 is 55.5 Å². The van der Waals surface area contributed by atoms with E-state index in [1.54, 1.807) is 0 Å². The van der Waals surface area contributed by atoms with Crippen molar-refractivity contribution in [2.45, 2.75) is 21.3 Å². The van der Waals surface area contributed by atoms with Crippen LogP contribution in [0.3, 0.4) is 0 Å². The van der Waals surface area contributed by atoms with E-state index in [9.17, 15) is 13.2 Å². The molecule has 2 aromatic heterocycles. The maximum Gasteiger partial charge on any atom is 0.235 e. The van der Waals surface area contributed by atoms with Crippen molar-refractivity contribution in [1.82, 2.24) is 0 Å². The Labute approximate surface area is 135 Å². The minimum absolute atomic E-state index is 0.0658. The zero-order valence-electron chi connectivity index (χ0n) is 11.2. The van der Waals surface area contributed by atoms with Gasteiger partial charge in [0.2, 0.25) is 5.12 Å². The van der Waals surface area contributed by atoms with Gasteiger partial charge in [-0.2, -0.15) is 0 Å². The molecule has 0 amide bonds. The average Bonchev–Trinajstić information content (AvgIpc) is 3.04. The first-order valence-electron chi connectivity index (χ1n) is 6.25. The molecule has 0 unspecified atom stereocenters. The fraction of sp³-hybridized carbons (Fsp3) is 0.214. The molecule has 0 aromatic carbocycles. The van der Waals surface area contributed by atoms with Crippen LogP contribution in [0.15, 0.2) is 32.0 Å². The van der Waals surface area contributed by atoms with Crippen molar-refractivity contribution in [3.63, 3.8) is 0 Å². The Morgan fingerprint density at radius 2 is 2.19 bits per heavy atom. The summed E-state index contributed by atoms with van der Waals surface area (Å²) in [6, 6.07) is 3.79. The SMILES string of the molecule is CS(=O)(=O)c1sc(C(=O)Sc2cccs2)c2c1C=CCC2. The van der Waals surface area contributed by atoms with Gasteiger partial charge in [0.15, 0.2) is 9.84 Å². The molecular weight excluding hydrogens is 344 g/mol. The second-order valence-electron chi connectivity index (χ2n) is 4.65. The molecule has 3 rings (SSSR count). The van der Waals surface area contributed by atoms with Gasteiger partial charge in [0.1, 0.15) is 4.21 Å². The summed E-state index contributed by atoms with van der Waals surface area (Å²) >= 11 is 3.79. The Hall–Kier alpha value is -0.890. The molecule has 1 aliphatic rings. The molecule has 1 aliphatic carbocycles. The van der Waals surface area contributed by atoms with E-state index in [4.69, 9.17) is 0 Å². The van der Waals surface area contributed by atoms with Crippen LogP contribution >= 0.6 is 34.4 Å². The zero-order chi connectivity index (χ0) is 15.0. The lowest BCUT2D eigenvalue weighted by Crippen LogP contribution is -2.00. The van der Waals surface area contributed by atoms with E-state index in [1.165, 1.54) is 29.4 Å². The van der Waals surface area contributed by atoms with E-state index in [0.29, 0.717) is 14.6 Å². The van der Waals surface area contributed by atoms with Crippen molar-refractivity contribution < 1.29 is 13.2 Å². The fourth-order valence-corrected chi connectivity index (χ4v) is 6.38. The third kappa shape index (κ3) is 3.01. The van der Waals surface area contributed by atoms with E-state index in [-0.39, 0.29) is 5.12 Å². The van der Waals surface area contributed by atoms with Gasteiger partial charge in [-0.15, -0.1) is 22.7 Å². The average molecular weight is 357 g/mol. The number of allylic oxidation sites excluding steroid dienone is 1. The number of thiophene rings is 2. The number of fused-ring (bicyclic) bond motifs is 1. The van der Waals surface area contributed by atoms with Crippen LogP contribution in [0, 0.1) is 0 Å². The molecule has 0 fully saturated rings. The summed E-state index contributed by atoms with van der Waals surface area (Å²) < 4.78 is 25.1. The second kappa shape index (κ2) is 5.72. The normalized spacial score (nSPS) is 14.1. The smallest absolute Gasteiger partial charge is 0.235 e. The Morgan fingerprint density at radius 1 is 1.38 bits per heavy atom. The number of hydrogen-bond acceptors (Lipinski definition) is 6. The van der Waals surface area contributed by atoms with E-state index in [2.05, 4.69) is 0 Å². The van der Waals surface area contributed by atoms with Crippen LogP contribution in [-0.2, 0) is 16.3 Å². The fourth-order valence-electron chi connectivity index (χ4n) is 2.20. The molecule has 0 saturated carbocycles. The Kier molecular flexibility index (Phi) is 4.09. The van der Waals surface area contributed by atoms with E-state index < -0.39 is 9.84 Å². The first-order valence-corrected chi connectivity index (χ1v) is 10.6. The largest absolute Gasteiger partial charge is 0.280 e. The van der Waals surface area contributed by atoms with Gasteiger partial charge in [0, 0.05) is 11.8 Å². The standard InChI is InChI=1S/C14H12O3S4/c1-21(16,17)14-10-6-3-2-5-9(10)12(20-14)13(15)19-11-7-4-8-18-11/h3-4,6-8H,2,5H2,1H3. The van der Waals surface area contributed by atoms with Gasteiger partial charge in [-0.1, -0.05) is 18.2 Å². The minimum atomic E-state index is -3.31. The van der Waals surface area contributed by atoms with E-state index in [1.807, 2.05) is 29.7 Å². The number of thioether (sulfide) groups is 1. The molecule has 21 heavy (non-hydrogen) atoms. The summed E-state index contributed by atoms with van der Waals surface area (Å²) in [4.78, 5) is 13.1. The molecule has 0 N–H and O–H groups in total. The highest BCUT2D eigenvalue weighted by molar-refractivity contribution is 8.15. The summed E-state index contributed by atoms with van der Waals surface area (Å²) in [5.41, 5.74) is 1.60. The molecule has 2 heterocycles. The Morgan fingerprint density at radius 3 is 2.86 bits per heavy atom. The molecule has 7 heteroatoms. The van der Waals surface area contributed by atoms with Crippen LogP contribution < -0.4 is 0 Å². The molecule has 3 nitrogen and oxygen atoms in total. The van der Waals surface area contributed by atoms with Crippen LogP contribution in [0.25, 0.3) is 6.08 Å². The molecule has 0 radical (unpaired) electrons. The lowest BCUT2D eigenvalue weighted by Gasteiger charge is -2.07. The van der Waals surface area contributed by atoms with Crippen LogP contribution in [-0.4, -0.2) is 19.8 Å². The van der Waals surface area contributed by atoms with Gasteiger partial charge >= 0.3 is 0 Å². The summed E-state index contributed by atoms with van der Waals surface area (Å²) in [6.45, 7) is 0. The van der Waals surface area contributed by atoms with Gasteiger partial charge in [-0.05, 0) is 41.6 Å². The van der Waals surface area contributed by atoms with Crippen LogP contribution in [0.5, 0.6) is 0 Å². The topological polar surface area (TPSA) is 51.2 Å². The lowest BCUT2D eigenvalue weighted by atomic mass is 10.0. The monoisotopic (exact) mass is 356 g/mol. The third-order valence-corrected chi connectivity index (χ3v) is 8.22. The second-order valence-corrected chi connectivity index (χ2v) is 10.1. The molecule has 0 aliphatic heterocycles. The summed E-state index contributed by atoms with van der Waals surface area (Å²) in [6.07, 6.45) is 6.56. The van der Waals surface area contributed by atoms with Crippen LogP contribution in [0.4, 0.5) is 0 Å². The molecule has 110 valence electrons. The van der Waals surface area contributed by atoms with Crippen LogP contribution in [0.2, 0.25) is 0 Å². The molecule has 2 aromatic rings. The highest BCUT2D eigenvalue weighted by Crippen LogP contribution is 2.40. The predicted molar refractivity (Wildman–Crippen MR) is 89.3 cm³/mol. The molecule has 0 atom stereocenters. The molecule has 0 saturated heterocycles. The first kappa shape index (κ1) is 15.0. The van der Waals surface area contributed by atoms with Crippen molar-refractivity contribution in [3.8, 4) is 0 Å². The summed E-state index contributed by atoms with van der Waals surface area (Å²) in [5.74, 6) is 0. The molecule has 0 bridgehead atoms. The van der Waals surface area contributed by atoms with Crippen LogP contribution in [0.1, 0.15) is 27.2 Å². The number of rotatable bonds is 3. The maximum atomic E-state index is 12.5. The highest BCUT2D eigenvalue weighted by atomic mass is 32.2. The first-order chi connectivity index (χ1) is 9.97. The van der Waals surface area contributed by atoms with Crippen molar-refractivity contribution in [1.29, 1.82) is 0 Å². The number of carbonyl (C=O) groups is 1. The maximum absolute atomic E-state index is 12.5. The zero-order valence-corrected chi connectivity index (χ0v) is 14.4. The van der Waals surface area contributed by atoms with Gasteiger partial charge in [-0.3, -0.25) is 4.79 Å². The highest BCUT2D eigenvalue weighted by Gasteiger charge is 2.27. The molecule has 0 spiro atoms. The van der Waals surface area contributed by atoms with Gasteiger partial charge in [0.25, 0.3) is 0 Å². The predicted octanol–water partition coefficient (Wildman–Crippen LogP) is 4.11. The lowest BCUT2D eigenvalue weighted by molar-refractivity contribution is 0.109. The van der Waals surface area contributed by atoms with Crippen molar-refractivity contribution in [3.05, 3.63) is 39.6 Å². The van der Waals surface area contributed by atoms with E-state index >= 15 is 0 Å². The Balaban J connectivity index is 2.05. The minimum Gasteiger partial charge on any atom is -0.280 e. The van der Waals surface area contributed by atoms with Crippen molar-refractivity contribution in [2.75, 3.05) is 6.26 Å². The van der Waals surface area contributed by atoms with Gasteiger partial charge in [-0.25, -0.2) is 8.42 Å². The number of hydrogen-bond donors (Lipinski definition) is 0. The van der Waals surface area contributed by atoms with Crippen molar-refractivity contribution in [2.24, 2.45) is 0 Å². The number of sulfone groups is 1. The number of carbonyl (C=O) groups excluding carboxylic acids is 1. The summed E-state index contributed by atoms with van der Waals surface area (Å²) in [5, 5.41) is 1.85. The third-order valence-electron chi connectivity index (χ3n) is 3.07. The summed E-state index contributed by atoms with van der Waals surface area (Å²) in [7, 11) is -3.31. The van der Waals surface area contributed by atoms with Gasteiger partial charge < -0.3 is 0 Å². The van der Waals surface area contributed by atoms with Gasteiger partial charge in [0.05, 0.1) is 9.09 Å².